The number of carbonyl (C=O) groups is 1. The van der Waals surface area contributed by atoms with Crippen LogP contribution in [0.25, 0.3) is 0 Å². The van der Waals surface area contributed by atoms with Gasteiger partial charge in [-0.15, -0.1) is 0 Å². The molecule has 5 heteroatoms. The van der Waals surface area contributed by atoms with Crippen molar-refractivity contribution in [3.8, 4) is 11.5 Å². The summed E-state index contributed by atoms with van der Waals surface area (Å²) in [6.45, 7) is 6.57. The van der Waals surface area contributed by atoms with Gasteiger partial charge in [0.15, 0.2) is 5.60 Å². The van der Waals surface area contributed by atoms with Crippen molar-refractivity contribution in [2.45, 2.75) is 32.8 Å². The molecule has 0 saturated heterocycles. The van der Waals surface area contributed by atoms with Crippen LogP contribution in [-0.2, 0) is 11.2 Å². The van der Waals surface area contributed by atoms with Crippen LogP contribution >= 0.6 is 0 Å². The van der Waals surface area contributed by atoms with Crippen LogP contribution in [-0.4, -0.2) is 29.6 Å². The largest absolute Gasteiger partial charge is 0.494 e. The number of aromatic nitrogens is 1. The van der Waals surface area contributed by atoms with E-state index >= 15 is 0 Å². The maximum Gasteiger partial charge on any atom is 0.263 e. The fourth-order valence-corrected chi connectivity index (χ4v) is 2.17. The van der Waals surface area contributed by atoms with Crippen molar-refractivity contribution in [1.82, 2.24) is 10.3 Å². The molecule has 0 bridgehead atoms. The first-order valence-electron chi connectivity index (χ1n) is 8.11. The van der Waals surface area contributed by atoms with Crippen LogP contribution in [0.3, 0.4) is 0 Å². The number of hydrogen-bond acceptors (Lipinski definition) is 4. The summed E-state index contributed by atoms with van der Waals surface area (Å²) in [5.41, 5.74) is -0.0138. The summed E-state index contributed by atoms with van der Waals surface area (Å²) in [7, 11) is 0. The van der Waals surface area contributed by atoms with E-state index in [1.165, 1.54) is 0 Å². The van der Waals surface area contributed by atoms with E-state index in [-0.39, 0.29) is 5.91 Å². The van der Waals surface area contributed by atoms with E-state index in [1.54, 1.807) is 32.2 Å². The van der Waals surface area contributed by atoms with Gasteiger partial charge in [-0.05, 0) is 57.2 Å². The molecule has 0 atom stereocenters. The van der Waals surface area contributed by atoms with Crippen molar-refractivity contribution >= 4 is 5.91 Å². The first kappa shape index (κ1) is 17.8. The van der Waals surface area contributed by atoms with Gasteiger partial charge < -0.3 is 14.8 Å². The highest BCUT2D eigenvalue weighted by Crippen LogP contribution is 2.22. The molecule has 0 aliphatic heterocycles. The Morgan fingerprint density at radius 1 is 1.12 bits per heavy atom. The molecule has 24 heavy (non-hydrogen) atoms. The summed E-state index contributed by atoms with van der Waals surface area (Å²) in [5.74, 6) is 1.25. The van der Waals surface area contributed by atoms with Crippen LogP contribution in [0.4, 0.5) is 0 Å². The Labute approximate surface area is 143 Å². The lowest BCUT2D eigenvalue weighted by atomic mass is 10.1. The molecule has 0 aliphatic carbocycles. The average molecular weight is 328 g/mol. The maximum atomic E-state index is 12.3. The number of benzene rings is 1. The van der Waals surface area contributed by atoms with E-state index in [1.807, 2.05) is 37.3 Å². The lowest BCUT2D eigenvalue weighted by Gasteiger charge is -2.25. The molecule has 0 radical (unpaired) electrons. The van der Waals surface area contributed by atoms with Gasteiger partial charge in [0, 0.05) is 24.9 Å². The normalized spacial score (nSPS) is 11.0. The summed E-state index contributed by atoms with van der Waals surface area (Å²) in [5, 5.41) is 2.89. The second-order valence-electron chi connectivity index (χ2n) is 5.84. The van der Waals surface area contributed by atoms with E-state index < -0.39 is 5.60 Å². The van der Waals surface area contributed by atoms with Gasteiger partial charge in [-0.2, -0.15) is 0 Å². The highest BCUT2D eigenvalue weighted by atomic mass is 16.5. The van der Waals surface area contributed by atoms with Gasteiger partial charge in [-0.1, -0.05) is 6.07 Å². The molecule has 2 rings (SSSR count). The molecule has 128 valence electrons. The quantitative estimate of drug-likeness (QED) is 0.809. The van der Waals surface area contributed by atoms with Gasteiger partial charge in [0.1, 0.15) is 11.5 Å². The first-order valence-corrected chi connectivity index (χ1v) is 8.11. The Morgan fingerprint density at radius 2 is 1.83 bits per heavy atom. The van der Waals surface area contributed by atoms with Crippen molar-refractivity contribution in [2.24, 2.45) is 0 Å². The van der Waals surface area contributed by atoms with Crippen molar-refractivity contribution < 1.29 is 14.3 Å². The van der Waals surface area contributed by atoms with Gasteiger partial charge in [0.25, 0.3) is 5.91 Å². The molecule has 1 amide bonds. The summed E-state index contributed by atoms with van der Waals surface area (Å²) in [6.07, 6.45) is 2.43. The van der Waals surface area contributed by atoms with Crippen LogP contribution in [0.1, 0.15) is 26.5 Å². The van der Waals surface area contributed by atoms with E-state index in [0.29, 0.717) is 25.3 Å². The van der Waals surface area contributed by atoms with Crippen LogP contribution in [0.2, 0.25) is 0 Å². The van der Waals surface area contributed by atoms with Gasteiger partial charge in [0.05, 0.1) is 6.61 Å². The Bertz CT molecular complexity index is 639. The minimum Gasteiger partial charge on any atom is -0.494 e. The Balaban J connectivity index is 1.85. The van der Waals surface area contributed by atoms with Crippen LogP contribution in [0, 0.1) is 0 Å². The Morgan fingerprint density at radius 3 is 2.46 bits per heavy atom. The highest BCUT2D eigenvalue weighted by Gasteiger charge is 2.29. The second-order valence-corrected chi connectivity index (χ2v) is 5.84. The molecular formula is C19H24N2O3. The number of nitrogens with zero attached hydrogens (tertiary/aromatic N) is 1. The number of carbonyl (C=O) groups excluding carboxylic acids is 1. The van der Waals surface area contributed by atoms with E-state index in [2.05, 4.69) is 10.3 Å². The highest BCUT2D eigenvalue weighted by molar-refractivity contribution is 5.84. The predicted octanol–water partition coefficient (Wildman–Crippen LogP) is 3.00. The zero-order chi connectivity index (χ0) is 17.4. The molecule has 5 nitrogen and oxygen atoms in total. The molecule has 0 unspecified atom stereocenters. The molecule has 0 aliphatic rings. The van der Waals surface area contributed by atoms with E-state index in [9.17, 15) is 4.79 Å². The molecule has 0 fully saturated rings. The Hall–Kier alpha value is -2.56. The number of nitrogens with one attached hydrogen (secondary N) is 1. The molecule has 2 aromatic rings. The number of ether oxygens (including phenoxy) is 2. The summed E-state index contributed by atoms with van der Waals surface area (Å²) >= 11 is 0. The lowest BCUT2D eigenvalue weighted by Crippen LogP contribution is -2.47. The van der Waals surface area contributed by atoms with Crippen LogP contribution < -0.4 is 14.8 Å². The van der Waals surface area contributed by atoms with Gasteiger partial charge in [-0.3, -0.25) is 9.78 Å². The molecule has 1 aromatic heterocycles. The third-order valence-electron chi connectivity index (χ3n) is 3.45. The smallest absolute Gasteiger partial charge is 0.263 e. The minimum absolute atomic E-state index is 0.160. The molecule has 1 N–H and O–H groups in total. The molecule has 0 spiro atoms. The van der Waals surface area contributed by atoms with Crippen LogP contribution in [0.5, 0.6) is 11.5 Å². The zero-order valence-electron chi connectivity index (χ0n) is 14.4. The summed E-state index contributed by atoms with van der Waals surface area (Å²) in [6, 6.07) is 13.0. The standard InChI is InChI=1S/C19H24N2O3/c1-4-23-16-8-10-17(11-9-16)24-19(2,3)18(22)21-14-12-15-7-5-6-13-20-15/h5-11,13H,4,12,14H2,1-3H3,(H,21,22). The number of amides is 1. The first-order chi connectivity index (χ1) is 11.5. The van der Waals surface area contributed by atoms with Gasteiger partial charge in [0.2, 0.25) is 0 Å². The van der Waals surface area contributed by atoms with E-state index in [4.69, 9.17) is 9.47 Å². The minimum atomic E-state index is -0.961. The van der Waals surface area contributed by atoms with Crippen molar-refractivity contribution in [1.29, 1.82) is 0 Å². The fourth-order valence-electron chi connectivity index (χ4n) is 2.17. The van der Waals surface area contributed by atoms with Crippen LogP contribution in [0.15, 0.2) is 48.7 Å². The summed E-state index contributed by atoms with van der Waals surface area (Å²) < 4.78 is 11.2. The summed E-state index contributed by atoms with van der Waals surface area (Å²) in [4.78, 5) is 16.6. The van der Waals surface area contributed by atoms with Crippen molar-refractivity contribution in [3.05, 3.63) is 54.4 Å². The topological polar surface area (TPSA) is 60.5 Å². The van der Waals surface area contributed by atoms with Crippen molar-refractivity contribution in [2.75, 3.05) is 13.2 Å². The Kier molecular flexibility index (Phi) is 6.18. The molecule has 1 aromatic carbocycles. The maximum absolute atomic E-state index is 12.3. The molecule has 0 saturated carbocycles. The van der Waals surface area contributed by atoms with Gasteiger partial charge in [-0.25, -0.2) is 0 Å². The molecular weight excluding hydrogens is 304 g/mol. The third kappa shape index (κ3) is 5.26. The number of hydrogen-bond donors (Lipinski definition) is 1. The van der Waals surface area contributed by atoms with E-state index in [0.717, 1.165) is 11.4 Å². The lowest BCUT2D eigenvalue weighted by molar-refractivity contribution is -0.134. The molecule has 1 heterocycles. The third-order valence-corrected chi connectivity index (χ3v) is 3.45. The number of pyridine rings is 1. The number of rotatable bonds is 8. The monoisotopic (exact) mass is 328 g/mol. The average Bonchev–Trinajstić information content (AvgIpc) is 2.57. The second kappa shape index (κ2) is 8.34. The predicted molar refractivity (Wildman–Crippen MR) is 93.3 cm³/mol. The van der Waals surface area contributed by atoms with Crippen molar-refractivity contribution in [3.63, 3.8) is 0 Å². The van der Waals surface area contributed by atoms with Gasteiger partial charge >= 0.3 is 0 Å². The fraction of sp³-hybridized carbons (Fsp3) is 0.368. The zero-order valence-corrected chi connectivity index (χ0v) is 14.4. The SMILES string of the molecule is CCOc1ccc(OC(C)(C)C(=O)NCCc2ccccn2)cc1.